The maximum absolute atomic E-state index is 12.5. The van der Waals surface area contributed by atoms with Gasteiger partial charge in [0.05, 0.1) is 18.1 Å². The number of aliphatic carboxylic acids is 1. The molecule has 0 aliphatic heterocycles. The number of hydrogen-bond donors (Lipinski definition) is 2. The Morgan fingerprint density at radius 1 is 1.17 bits per heavy atom. The van der Waals surface area contributed by atoms with Crippen LogP contribution in [0.5, 0.6) is 5.75 Å². The van der Waals surface area contributed by atoms with E-state index in [1.807, 2.05) is 48.5 Å². The fraction of sp³-hybridized carbons (Fsp3) is 0.391. The summed E-state index contributed by atoms with van der Waals surface area (Å²) in [5.74, 6) is -0.674. The Morgan fingerprint density at radius 3 is 2.69 bits per heavy atom. The molecule has 2 aromatic carbocycles. The van der Waals surface area contributed by atoms with E-state index in [-0.39, 0.29) is 12.5 Å². The van der Waals surface area contributed by atoms with Crippen LogP contribution in [0.3, 0.4) is 0 Å². The molecular weight excluding hydrogens is 370 g/mol. The average molecular weight is 399 g/mol. The maximum atomic E-state index is 12.5. The highest BCUT2D eigenvalue weighted by Gasteiger charge is 2.13. The number of nitrogens with one attached hydrogen (secondary N) is 1. The van der Waals surface area contributed by atoms with Gasteiger partial charge >= 0.3 is 5.97 Å². The minimum Gasteiger partial charge on any atom is -0.488 e. The fourth-order valence-corrected chi connectivity index (χ4v) is 2.90. The molecule has 1 atom stereocenters. The number of carbonyl (C=O) groups excluding carboxylic acids is 1. The van der Waals surface area contributed by atoms with E-state index in [1.54, 1.807) is 14.0 Å². The molecule has 6 heteroatoms. The summed E-state index contributed by atoms with van der Waals surface area (Å²) in [4.78, 5) is 23.5. The van der Waals surface area contributed by atoms with Gasteiger partial charge in [-0.15, -0.1) is 0 Å². The first-order chi connectivity index (χ1) is 14.0. The van der Waals surface area contributed by atoms with Crippen molar-refractivity contribution < 1.29 is 24.2 Å². The van der Waals surface area contributed by atoms with Crippen molar-refractivity contribution in [1.29, 1.82) is 0 Å². The first-order valence-electron chi connectivity index (χ1n) is 9.82. The lowest BCUT2D eigenvalue weighted by Crippen LogP contribution is -2.30. The number of methoxy groups -OCH3 is 1. The number of rotatable bonds is 12. The van der Waals surface area contributed by atoms with Crippen LogP contribution in [0.4, 0.5) is 0 Å². The summed E-state index contributed by atoms with van der Waals surface area (Å²) >= 11 is 0. The lowest BCUT2D eigenvalue weighted by atomic mass is 10.0. The first-order valence-corrected chi connectivity index (χ1v) is 9.82. The van der Waals surface area contributed by atoms with Crippen molar-refractivity contribution in [3.8, 4) is 5.75 Å². The number of unbranched alkanes of at least 4 members (excludes halogenated alkanes) is 1. The smallest absolute Gasteiger partial charge is 0.306 e. The van der Waals surface area contributed by atoms with Crippen molar-refractivity contribution in [2.24, 2.45) is 5.92 Å². The van der Waals surface area contributed by atoms with Crippen molar-refractivity contribution in [3.63, 3.8) is 0 Å². The molecule has 0 saturated heterocycles. The molecule has 2 N–H and O–H groups in total. The molecule has 0 spiro atoms. The summed E-state index contributed by atoms with van der Waals surface area (Å²) < 4.78 is 10.9. The Kier molecular flexibility index (Phi) is 9.18. The van der Waals surface area contributed by atoms with Crippen LogP contribution < -0.4 is 10.1 Å². The van der Waals surface area contributed by atoms with E-state index in [9.17, 15) is 9.59 Å². The molecule has 0 aliphatic carbocycles. The van der Waals surface area contributed by atoms with Gasteiger partial charge in [0.25, 0.3) is 0 Å². The number of allylic oxidation sites excluding steroid dienone is 1. The second kappa shape index (κ2) is 11.9. The molecule has 2 aromatic rings. The standard InChI is InChI=1S/C23H29NO5/c1-17(23(26)27)8-3-4-10-19(22(25)24-14-15-28-2)16-29-21-13-7-11-18-9-5-6-12-20(18)21/h5-7,9-13,17H,3-4,8,14-16H2,1-2H3,(H,24,25)(H,26,27). The van der Waals surface area contributed by atoms with Crippen molar-refractivity contribution in [2.75, 3.05) is 26.9 Å². The van der Waals surface area contributed by atoms with Gasteiger partial charge in [0.1, 0.15) is 12.4 Å². The highest BCUT2D eigenvalue weighted by molar-refractivity contribution is 5.94. The summed E-state index contributed by atoms with van der Waals surface area (Å²) in [7, 11) is 1.58. The van der Waals surface area contributed by atoms with Gasteiger partial charge in [0.15, 0.2) is 0 Å². The molecule has 0 heterocycles. The Hall–Kier alpha value is -2.86. The van der Waals surface area contributed by atoms with Crippen LogP contribution in [0, 0.1) is 5.92 Å². The molecule has 0 aliphatic rings. The Morgan fingerprint density at radius 2 is 1.93 bits per heavy atom. The maximum Gasteiger partial charge on any atom is 0.306 e. The summed E-state index contributed by atoms with van der Waals surface area (Å²) in [6.07, 6.45) is 3.70. The molecule has 0 fully saturated rings. The third kappa shape index (κ3) is 7.23. The van der Waals surface area contributed by atoms with Crippen molar-refractivity contribution in [3.05, 3.63) is 54.1 Å². The van der Waals surface area contributed by atoms with Crippen LogP contribution in [0.2, 0.25) is 0 Å². The van der Waals surface area contributed by atoms with Gasteiger partial charge < -0.3 is 19.9 Å². The van der Waals surface area contributed by atoms with Crippen molar-refractivity contribution in [2.45, 2.75) is 26.2 Å². The molecule has 0 radical (unpaired) electrons. The van der Waals surface area contributed by atoms with Crippen molar-refractivity contribution in [1.82, 2.24) is 5.32 Å². The molecule has 0 saturated carbocycles. The zero-order valence-electron chi connectivity index (χ0n) is 17.0. The predicted molar refractivity (Wildman–Crippen MR) is 113 cm³/mol. The predicted octanol–water partition coefficient (Wildman–Crippen LogP) is 3.80. The first kappa shape index (κ1) is 22.4. The summed E-state index contributed by atoms with van der Waals surface area (Å²) in [6, 6.07) is 13.7. The van der Waals surface area contributed by atoms with E-state index in [2.05, 4.69) is 5.32 Å². The number of benzene rings is 2. The van der Waals surface area contributed by atoms with Crippen molar-refractivity contribution >= 4 is 22.6 Å². The number of fused-ring (bicyclic) bond motifs is 1. The summed E-state index contributed by atoms with van der Waals surface area (Å²) in [6.45, 7) is 2.67. The highest BCUT2D eigenvalue weighted by Crippen LogP contribution is 2.25. The van der Waals surface area contributed by atoms with Gasteiger partial charge in [0, 0.05) is 19.0 Å². The van der Waals surface area contributed by atoms with Gasteiger partial charge in [-0.25, -0.2) is 0 Å². The number of carbonyl (C=O) groups is 2. The van der Waals surface area contributed by atoms with E-state index in [4.69, 9.17) is 14.6 Å². The normalized spacial score (nSPS) is 12.6. The minimum absolute atomic E-state index is 0.140. The third-order valence-corrected chi connectivity index (χ3v) is 4.67. The van der Waals surface area contributed by atoms with E-state index in [1.165, 1.54) is 0 Å². The van der Waals surface area contributed by atoms with E-state index in [0.29, 0.717) is 38.0 Å². The number of amides is 1. The van der Waals surface area contributed by atoms with Crippen LogP contribution in [0.25, 0.3) is 10.8 Å². The van der Waals surface area contributed by atoms with Crippen LogP contribution in [0.1, 0.15) is 26.2 Å². The molecule has 1 unspecified atom stereocenters. The molecule has 1 amide bonds. The van der Waals surface area contributed by atoms with Crippen LogP contribution in [-0.4, -0.2) is 43.9 Å². The van der Waals surface area contributed by atoms with Gasteiger partial charge in [0.2, 0.25) is 5.91 Å². The molecule has 0 aromatic heterocycles. The Labute approximate surface area is 171 Å². The molecule has 2 rings (SSSR count). The van der Waals surface area contributed by atoms with Crippen LogP contribution in [0.15, 0.2) is 54.1 Å². The minimum atomic E-state index is -0.800. The van der Waals surface area contributed by atoms with Crippen LogP contribution >= 0.6 is 0 Å². The van der Waals surface area contributed by atoms with Gasteiger partial charge in [-0.1, -0.05) is 49.4 Å². The summed E-state index contributed by atoms with van der Waals surface area (Å²) in [5, 5.41) is 13.9. The highest BCUT2D eigenvalue weighted by atomic mass is 16.5. The monoisotopic (exact) mass is 399 g/mol. The van der Waals surface area contributed by atoms with E-state index >= 15 is 0 Å². The SMILES string of the molecule is COCCNC(=O)C(=CCCCC(C)C(=O)O)COc1cccc2ccccc12. The fourth-order valence-electron chi connectivity index (χ4n) is 2.90. The quantitative estimate of drug-likeness (QED) is 0.419. The number of ether oxygens (including phenoxy) is 2. The zero-order chi connectivity index (χ0) is 21.1. The Bertz CT molecular complexity index is 841. The zero-order valence-corrected chi connectivity index (χ0v) is 17.0. The molecule has 156 valence electrons. The lowest BCUT2D eigenvalue weighted by Gasteiger charge is -2.13. The largest absolute Gasteiger partial charge is 0.488 e. The van der Waals surface area contributed by atoms with E-state index < -0.39 is 11.9 Å². The topological polar surface area (TPSA) is 84.9 Å². The van der Waals surface area contributed by atoms with Gasteiger partial charge in [-0.2, -0.15) is 0 Å². The molecule has 29 heavy (non-hydrogen) atoms. The Balaban J connectivity index is 2.04. The van der Waals surface area contributed by atoms with Gasteiger partial charge in [-0.05, 0) is 30.7 Å². The molecule has 6 nitrogen and oxygen atoms in total. The second-order valence-corrected chi connectivity index (χ2v) is 6.91. The molecule has 0 bridgehead atoms. The number of hydrogen-bond acceptors (Lipinski definition) is 4. The van der Waals surface area contributed by atoms with E-state index in [0.717, 1.165) is 16.5 Å². The average Bonchev–Trinajstić information content (AvgIpc) is 2.73. The van der Waals surface area contributed by atoms with Crippen LogP contribution in [-0.2, 0) is 14.3 Å². The summed E-state index contributed by atoms with van der Waals surface area (Å²) in [5.41, 5.74) is 0.525. The van der Waals surface area contributed by atoms with Gasteiger partial charge in [-0.3, -0.25) is 9.59 Å². The second-order valence-electron chi connectivity index (χ2n) is 6.91. The molecular formula is C23H29NO5. The number of carboxylic acids is 1. The lowest BCUT2D eigenvalue weighted by molar-refractivity contribution is -0.141. The third-order valence-electron chi connectivity index (χ3n) is 4.67. The number of carboxylic acid groups (broad SMARTS) is 1.